The molecule has 0 aliphatic heterocycles. The molecule has 0 aromatic rings. The van der Waals surface area contributed by atoms with Crippen LogP contribution in [-0.4, -0.2) is 25.9 Å². The molecule has 0 aromatic carbocycles. The molecule has 0 radical (unpaired) electrons. The molecule has 1 rings (SSSR count). The number of methoxy groups -OCH3 is 1. The van der Waals surface area contributed by atoms with Crippen molar-refractivity contribution in [1.82, 2.24) is 0 Å². The molecule has 1 aliphatic carbocycles. The number of carbonyl (C=O) groups is 1. The highest BCUT2D eigenvalue weighted by atomic mass is 16.6. The minimum atomic E-state index is -0.251. The van der Waals surface area contributed by atoms with Crippen LogP contribution in [0, 0.1) is 5.92 Å². The van der Waals surface area contributed by atoms with E-state index in [2.05, 4.69) is 14.7 Å². The fourth-order valence-corrected chi connectivity index (χ4v) is 1.21. The van der Waals surface area contributed by atoms with Crippen LogP contribution >= 0.6 is 0 Å². The number of hydrogen-bond acceptors (Lipinski definition) is 4. The largest absolute Gasteiger partial charge is 0.469 e. The second-order valence-electron chi connectivity index (χ2n) is 2.83. The fourth-order valence-electron chi connectivity index (χ4n) is 1.21. The molecular weight excluding hydrogens is 182 g/mol. The van der Waals surface area contributed by atoms with Gasteiger partial charge in [-0.25, -0.2) is 0 Å². The molecule has 4 nitrogen and oxygen atoms in total. The lowest BCUT2D eigenvalue weighted by molar-refractivity contribution is -0.140. The van der Waals surface area contributed by atoms with Crippen LogP contribution in [0.1, 0.15) is 6.42 Å². The Balaban J connectivity index is 2.66. The number of rotatable bonds is 3. The van der Waals surface area contributed by atoms with Crippen LogP contribution in [0.5, 0.6) is 0 Å². The third-order valence-electron chi connectivity index (χ3n) is 1.91. The van der Waals surface area contributed by atoms with Crippen molar-refractivity contribution in [3.8, 4) is 0 Å². The van der Waals surface area contributed by atoms with Gasteiger partial charge in [-0.1, -0.05) is 23.4 Å². The van der Waals surface area contributed by atoms with E-state index < -0.39 is 0 Å². The molecule has 14 heavy (non-hydrogen) atoms. The number of oxime groups is 1. The molecule has 0 amide bonds. The first kappa shape index (κ1) is 10.5. The van der Waals surface area contributed by atoms with Crippen LogP contribution in [0.4, 0.5) is 0 Å². The van der Waals surface area contributed by atoms with Crippen molar-refractivity contribution >= 4 is 11.7 Å². The standard InChI is InChI=1S/C10H13NO3/c1-13-10(12)7-8-5-3-4-6-9(8)11-14-2/h3-6,8H,7H2,1-2H3/b11-9+. The van der Waals surface area contributed by atoms with E-state index in [4.69, 9.17) is 0 Å². The lowest BCUT2D eigenvalue weighted by atomic mass is 9.95. The van der Waals surface area contributed by atoms with E-state index in [1.54, 1.807) is 0 Å². The van der Waals surface area contributed by atoms with Gasteiger partial charge in [-0.05, 0) is 6.08 Å². The predicted octanol–water partition coefficient (Wildman–Crippen LogP) is 1.29. The third kappa shape index (κ3) is 2.73. The summed E-state index contributed by atoms with van der Waals surface area (Å²) in [6.45, 7) is 0. The summed E-state index contributed by atoms with van der Waals surface area (Å²) in [7, 11) is 2.85. The maximum Gasteiger partial charge on any atom is 0.306 e. The van der Waals surface area contributed by atoms with Crippen LogP contribution < -0.4 is 0 Å². The van der Waals surface area contributed by atoms with Crippen molar-refractivity contribution in [3.63, 3.8) is 0 Å². The van der Waals surface area contributed by atoms with E-state index in [1.807, 2.05) is 24.3 Å². The average molecular weight is 195 g/mol. The molecule has 0 spiro atoms. The van der Waals surface area contributed by atoms with Crippen LogP contribution in [0.25, 0.3) is 0 Å². The fraction of sp³-hybridized carbons (Fsp3) is 0.400. The molecule has 0 heterocycles. The van der Waals surface area contributed by atoms with Gasteiger partial charge in [-0.3, -0.25) is 4.79 Å². The van der Waals surface area contributed by atoms with Crippen LogP contribution in [0.2, 0.25) is 0 Å². The smallest absolute Gasteiger partial charge is 0.306 e. The number of esters is 1. The highest BCUT2D eigenvalue weighted by Crippen LogP contribution is 2.14. The predicted molar refractivity (Wildman–Crippen MR) is 52.8 cm³/mol. The Labute approximate surface area is 82.9 Å². The molecule has 1 atom stereocenters. The summed E-state index contributed by atoms with van der Waals surface area (Å²) in [4.78, 5) is 15.7. The van der Waals surface area contributed by atoms with Crippen molar-refractivity contribution in [1.29, 1.82) is 0 Å². The van der Waals surface area contributed by atoms with Gasteiger partial charge >= 0.3 is 5.97 Å². The van der Waals surface area contributed by atoms with E-state index in [9.17, 15) is 4.79 Å². The molecular formula is C10H13NO3. The average Bonchev–Trinajstić information content (AvgIpc) is 2.21. The zero-order chi connectivity index (χ0) is 10.4. The summed E-state index contributed by atoms with van der Waals surface area (Å²) in [5.41, 5.74) is 0.736. The third-order valence-corrected chi connectivity index (χ3v) is 1.91. The normalized spacial score (nSPS) is 22.4. The van der Waals surface area contributed by atoms with Gasteiger partial charge in [0.15, 0.2) is 0 Å². The number of carbonyl (C=O) groups excluding carboxylic acids is 1. The van der Waals surface area contributed by atoms with Crippen molar-refractivity contribution in [2.45, 2.75) is 6.42 Å². The lowest BCUT2D eigenvalue weighted by Gasteiger charge is -2.13. The Morgan fingerprint density at radius 1 is 1.50 bits per heavy atom. The first-order valence-electron chi connectivity index (χ1n) is 4.30. The second kappa shape index (κ2) is 5.21. The molecule has 76 valence electrons. The molecule has 1 unspecified atom stereocenters. The lowest BCUT2D eigenvalue weighted by Crippen LogP contribution is -2.17. The summed E-state index contributed by atoms with van der Waals surface area (Å²) in [5, 5.41) is 3.82. The van der Waals surface area contributed by atoms with Gasteiger partial charge in [0.2, 0.25) is 0 Å². The van der Waals surface area contributed by atoms with Crippen molar-refractivity contribution in [2.24, 2.45) is 11.1 Å². The Morgan fingerprint density at radius 3 is 2.93 bits per heavy atom. The first-order valence-corrected chi connectivity index (χ1v) is 4.30. The van der Waals surface area contributed by atoms with Gasteiger partial charge in [-0.15, -0.1) is 0 Å². The maximum atomic E-state index is 11.1. The topological polar surface area (TPSA) is 47.9 Å². The molecule has 0 N–H and O–H groups in total. The van der Waals surface area contributed by atoms with E-state index in [1.165, 1.54) is 14.2 Å². The Hall–Kier alpha value is -1.58. The maximum absolute atomic E-state index is 11.1. The Morgan fingerprint density at radius 2 is 2.29 bits per heavy atom. The van der Waals surface area contributed by atoms with Crippen LogP contribution in [-0.2, 0) is 14.4 Å². The summed E-state index contributed by atoms with van der Waals surface area (Å²) < 4.78 is 4.59. The zero-order valence-corrected chi connectivity index (χ0v) is 8.27. The quantitative estimate of drug-likeness (QED) is 0.503. The van der Waals surface area contributed by atoms with Crippen LogP contribution in [0.3, 0.4) is 0 Å². The van der Waals surface area contributed by atoms with Gasteiger partial charge in [0, 0.05) is 5.92 Å². The SMILES string of the molecule is CO/N=C1\C=CC=CC1CC(=O)OC. The van der Waals surface area contributed by atoms with E-state index in [0.717, 1.165) is 5.71 Å². The van der Waals surface area contributed by atoms with Gasteiger partial charge in [0.05, 0.1) is 19.2 Å². The molecule has 4 heteroatoms. The van der Waals surface area contributed by atoms with Crippen molar-refractivity contribution in [3.05, 3.63) is 24.3 Å². The van der Waals surface area contributed by atoms with Crippen molar-refractivity contribution in [2.75, 3.05) is 14.2 Å². The van der Waals surface area contributed by atoms with E-state index >= 15 is 0 Å². The van der Waals surface area contributed by atoms with Gasteiger partial charge in [0.1, 0.15) is 7.11 Å². The van der Waals surface area contributed by atoms with Crippen LogP contribution in [0.15, 0.2) is 29.5 Å². The Kier molecular flexibility index (Phi) is 3.91. The highest BCUT2D eigenvalue weighted by molar-refractivity contribution is 6.00. The van der Waals surface area contributed by atoms with Gasteiger partial charge < -0.3 is 9.57 Å². The second-order valence-corrected chi connectivity index (χ2v) is 2.83. The monoisotopic (exact) mass is 195 g/mol. The minimum Gasteiger partial charge on any atom is -0.469 e. The number of nitrogens with zero attached hydrogens (tertiary/aromatic N) is 1. The van der Waals surface area contributed by atoms with Gasteiger partial charge in [-0.2, -0.15) is 0 Å². The molecule has 0 fully saturated rings. The Bertz CT molecular complexity index is 292. The molecule has 0 saturated heterocycles. The highest BCUT2D eigenvalue weighted by Gasteiger charge is 2.17. The zero-order valence-electron chi connectivity index (χ0n) is 8.27. The number of allylic oxidation sites excluding steroid dienone is 4. The van der Waals surface area contributed by atoms with Crippen molar-refractivity contribution < 1.29 is 14.4 Å². The summed E-state index contributed by atoms with van der Waals surface area (Å²) in [6, 6.07) is 0. The summed E-state index contributed by atoms with van der Waals surface area (Å²) >= 11 is 0. The summed E-state index contributed by atoms with van der Waals surface area (Å²) in [6.07, 6.45) is 7.74. The molecule has 0 saturated carbocycles. The summed E-state index contributed by atoms with van der Waals surface area (Å²) in [5.74, 6) is -0.300. The molecule has 1 aliphatic rings. The van der Waals surface area contributed by atoms with E-state index in [0.29, 0.717) is 6.42 Å². The first-order chi connectivity index (χ1) is 6.77. The molecule has 0 bridgehead atoms. The minimum absolute atomic E-state index is 0.0487. The number of hydrogen-bond donors (Lipinski definition) is 0. The number of ether oxygens (including phenoxy) is 1. The van der Waals surface area contributed by atoms with E-state index in [-0.39, 0.29) is 11.9 Å². The molecule has 0 aromatic heterocycles. The van der Waals surface area contributed by atoms with Gasteiger partial charge in [0.25, 0.3) is 0 Å².